The molecule has 0 radical (unpaired) electrons. The molecule has 1 aromatic heterocycles. The highest BCUT2D eigenvalue weighted by atomic mass is 32.1. The van der Waals surface area contributed by atoms with Crippen LogP contribution in [-0.4, -0.2) is 36.5 Å². The van der Waals surface area contributed by atoms with Crippen molar-refractivity contribution in [1.29, 1.82) is 0 Å². The molecule has 0 fully saturated rings. The molecule has 1 rings (SSSR count). The maximum absolute atomic E-state index is 5.31. The van der Waals surface area contributed by atoms with Crippen LogP contribution in [0.5, 0.6) is 0 Å². The summed E-state index contributed by atoms with van der Waals surface area (Å²) in [6.45, 7) is 10.1. The summed E-state index contributed by atoms with van der Waals surface area (Å²) in [4.78, 5) is 0. The van der Waals surface area contributed by atoms with Gasteiger partial charge in [-0.15, -0.1) is 21.5 Å². The van der Waals surface area contributed by atoms with Crippen LogP contribution in [0, 0.1) is 5.92 Å². The van der Waals surface area contributed by atoms with Crippen molar-refractivity contribution in [1.82, 2.24) is 15.5 Å². The third kappa shape index (κ3) is 7.03. The van der Waals surface area contributed by atoms with Gasteiger partial charge in [-0.3, -0.25) is 0 Å². The number of aromatic nitrogens is 2. The van der Waals surface area contributed by atoms with E-state index in [9.17, 15) is 0 Å². The van der Waals surface area contributed by atoms with E-state index < -0.39 is 0 Å². The summed E-state index contributed by atoms with van der Waals surface area (Å²) in [5.74, 6) is 0.719. The highest BCUT2D eigenvalue weighted by molar-refractivity contribution is 7.11. The van der Waals surface area contributed by atoms with Crippen molar-refractivity contribution in [3.8, 4) is 0 Å². The van der Waals surface area contributed by atoms with E-state index in [4.69, 9.17) is 4.74 Å². The van der Waals surface area contributed by atoms with Crippen molar-refractivity contribution in [2.24, 2.45) is 5.92 Å². The molecular weight excluding hydrogens is 246 g/mol. The number of nitrogens with one attached hydrogen (secondary N) is 1. The smallest absolute Gasteiger partial charge is 0.119 e. The summed E-state index contributed by atoms with van der Waals surface area (Å²) >= 11 is 1.72. The molecule has 0 aliphatic heterocycles. The normalized spacial score (nSPS) is 11.3. The van der Waals surface area contributed by atoms with E-state index in [1.807, 2.05) is 6.92 Å². The Kier molecular flexibility index (Phi) is 8.13. The molecule has 0 atom stereocenters. The zero-order chi connectivity index (χ0) is 13.2. The summed E-state index contributed by atoms with van der Waals surface area (Å²) in [6, 6.07) is 0. The van der Waals surface area contributed by atoms with Gasteiger partial charge in [-0.2, -0.15) is 0 Å². The first-order valence-electron chi connectivity index (χ1n) is 6.82. The van der Waals surface area contributed by atoms with Gasteiger partial charge in [0, 0.05) is 19.4 Å². The van der Waals surface area contributed by atoms with Crippen LogP contribution in [0.15, 0.2) is 0 Å². The summed E-state index contributed by atoms with van der Waals surface area (Å²) in [5.41, 5.74) is 0. The zero-order valence-corrected chi connectivity index (χ0v) is 12.6. The van der Waals surface area contributed by atoms with E-state index in [0.717, 1.165) is 61.5 Å². The Labute approximate surface area is 114 Å². The van der Waals surface area contributed by atoms with E-state index in [-0.39, 0.29) is 0 Å². The monoisotopic (exact) mass is 271 g/mol. The number of ether oxygens (including phenoxy) is 1. The molecule has 0 bridgehead atoms. The lowest BCUT2D eigenvalue weighted by atomic mass is 10.2. The summed E-state index contributed by atoms with van der Waals surface area (Å²) in [7, 11) is 0. The molecule has 0 amide bonds. The second kappa shape index (κ2) is 9.42. The SMILES string of the molecule is CCOCCc1nnc(CCCNCC(C)C)s1. The Hall–Kier alpha value is -0.520. The van der Waals surface area contributed by atoms with E-state index >= 15 is 0 Å². The molecular formula is C13H25N3OS. The van der Waals surface area contributed by atoms with E-state index in [0.29, 0.717) is 0 Å². The van der Waals surface area contributed by atoms with Crippen LogP contribution < -0.4 is 5.32 Å². The Morgan fingerprint density at radius 3 is 2.61 bits per heavy atom. The predicted octanol–water partition coefficient (Wildman–Crippen LogP) is 2.30. The molecule has 0 unspecified atom stereocenters. The van der Waals surface area contributed by atoms with E-state index in [1.54, 1.807) is 11.3 Å². The molecule has 5 heteroatoms. The van der Waals surface area contributed by atoms with Crippen LogP contribution in [-0.2, 0) is 17.6 Å². The van der Waals surface area contributed by atoms with Gasteiger partial charge in [-0.1, -0.05) is 13.8 Å². The minimum atomic E-state index is 0.719. The first-order valence-corrected chi connectivity index (χ1v) is 7.63. The maximum Gasteiger partial charge on any atom is 0.119 e. The van der Waals surface area contributed by atoms with Gasteiger partial charge in [0.25, 0.3) is 0 Å². The highest BCUT2D eigenvalue weighted by Gasteiger charge is 2.04. The Morgan fingerprint density at radius 1 is 1.22 bits per heavy atom. The number of aryl methyl sites for hydroxylation is 1. The molecule has 18 heavy (non-hydrogen) atoms. The fraction of sp³-hybridized carbons (Fsp3) is 0.846. The van der Waals surface area contributed by atoms with E-state index in [1.165, 1.54) is 0 Å². The molecule has 0 aromatic carbocycles. The van der Waals surface area contributed by atoms with Gasteiger partial charge in [0.05, 0.1) is 6.61 Å². The fourth-order valence-electron chi connectivity index (χ4n) is 1.55. The number of nitrogens with zero attached hydrogens (tertiary/aromatic N) is 2. The average Bonchev–Trinajstić information content (AvgIpc) is 2.77. The number of rotatable bonds is 10. The molecule has 104 valence electrons. The van der Waals surface area contributed by atoms with Crippen molar-refractivity contribution in [2.75, 3.05) is 26.3 Å². The standard InChI is InChI=1S/C13H25N3OS/c1-4-17-9-7-13-16-15-12(18-13)6-5-8-14-10-11(2)3/h11,14H,4-10H2,1-3H3. The highest BCUT2D eigenvalue weighted by Crippen LogP contribution is 2.12. The summed E-state index contributed by atoms with van der Waals surface area (Å²) < 4.78 is 5.31. The summed E-state index contributed by atoms with van der Waals surface area (Å²) in [5, 5.41) is 14.1. The second-order valence-corrected chi connectivity index (χ2v) is 5.88. The molecule has 1 aromatic rings. The predicted molar refractivity (Wildman–Crippen MR) is 76.1 cm³/mol. The van der Waals surface area contributed by atoms with Crippen molar-refractivity contribution in [2.45, 2.75) is 40.0 Å². The molecule has 0 saturated heterocycles. The molecule has 0 saturated carbocycles. The number of hydrogen-bond acceptors (Lipinski definition) is 5. The van der Waals surface area contributed by atoms with E-state index in [2.05, 4.69) is 29.4 Å². The van der Waals surface area contributed by atoms with Gasteiger partial charge in [0.1, 0.15) is 10.0 Å². The Balaban J connectivity index is 2.11. The van der Waals surface area contributed by atoms with Crippen LogP contribution in [0.2, 0.25) is 0 Å². The molecule has 1 heterocycles. The summed E-state index contributed by atoms with van der Waals surface area (Å²) in [6.07, 6.45) is 3.04. The number of hydrogen-bond donors (Lipinski definition) is 1. The fourth-order valence-corrected chi connectivity index (χ4v) is 2.42. The third-order valence-corrected chi connectivity index (χ3v) is 3.51. The van der Waals surface area contributed by atoms with Gasteiger partial charge in [-0.05, 0) is 32.4 Å². The minimum absolute atomic E-state index is 0.719. The molecule has 1 N–H and O–H groups in total. The van der Waals surface area contributed by atoms with Crippen LogP contribution in [0.3, 0.4) is 0 Å². The van der Waals surface area contributed by atoms with Gasteiger partial charge < -0.3 is 10.1 Å². The van der Waals surface area contributed by atoms with Crippen LogP contribution in [0.4, 0.5) is 0 Å². The lowest BCUT2D eigenvalue weighted by Gasteiger charge is -2.05. The van der Waals surface area contributed by atoms with Gasteiger partial charge >= 0.3 is 0 Å². The lowest BCUT2D eigenvalue weighted by Crippen LogP contribution is -2.21. The van der Waals surface area contributed by atoms with Gasteiger partial charge in [0.2, 0.25) is 0 Å². The molecule has 0 aliphatic carbocycles. The topological polar surface area (TPSA) is 47.0 Å². The van der Waals surface area contributed by atoms with Gasteiger partial charge in [-0.25, -0.2) is 0 Å². The van der Waals surface area contributed by atoms with Crippen LogP contribution in [0.25, 0.3) is 0 Å². The van der Waals surface area contributed by atoms with Crippen molar-refractivity contribution >= 4 is 11.3 Å². The Bertz CT molecular complexity index is 315. The van der Waals surface area contributed by atoms with Crippen molar-refractivity contribution < 1.29 is 4.74 Å². The molecule has 0 spiro atoms. The maximum atomic E-state index is 5.31. The minimum Gasteiger partial charge on any atom is -0.381 e. The quantitative estimate of drug-likeness (QED) is 0.663. The Morgan fingerprint density at radius 2 is 1.94 bits per heavy atom. The van der Waals surface area contributed by atoms with Gasteiger partial charge in [0.15, 0.2) is 0 Å². The van der Waals surface area contributed by atoms with Crippen LogP contribution in [0.1, 0.15) is 37.2 Å². The zero-order valence-electron chi connectivity index (χ0n) is 11.7. The van der Waals surface area contributed by atoms with Crippen LogP contribution >= 0.6 is 11.3 Å². The van der Waals surface area contributed by atoms with Crippen molar-refractivity contribution in [3.63, 3.8) is 0 Å². The first kappa shape index (κ1) is 15.5. The molecule has 0 aliphatic rings. The average molecular weight is 271 g/mol. The third-order valence-electron chi connectivity index (χ3n) is 2.47. The first-order chi connectivity index (χ1) is 8.72. The lowest BCUT2D eigenvalue weighted by molar-refractivity contribution is 0.150. The largest absolute Gasteiger partial charge is 0.381 e. The van der Waals surface area contributed by atoms with Crippen molar-refractivity contribution in [3.05, 3.63) is 10.0 Å². The molecule has 4 nitrogen and oxygen atoms in total. The second-order valence-electron chi connectivity index (χ2n) is 4.74.